The number of hydrogen-bond donors (Lipinski definition) is 3. The number of pyridine rings is 1. The van der Waals surface area contributed by atoms with Gasteiger partial charge in [-0.3, -0.25) is 9.89 Å². The average Bonchev–Trinajstić information content (AvgIpc) is 2.83. The molecule has 0 saturated carbocycles. The van der Waals surface area contributed by atoms with E-state index in [-0.39, 0.29) is 16.5 Å². The summed E-state index contributed by atoms with van der Waals surface area (Å²) in [5.41, 5.74) is 1.43. The highest BCUT2D eigenvalue weighted by molar-refractivity contribution is 6.05. The number of nitrogens with one attached hydrogen (secondary N) is 2. The molecular weight excluding hydrogens is 270 g/mol. The number of nitrogens with zero attached hydrogens (tertiary/aromatic N) is 1. The minimum absolute atomic E-state index is 0.129. The molecule has 6 nitrogen and oxygen atoms in total. The highest BCUT2D eigenvalue weighted by Crippen LogP contribution is 2.29. The number of rotatable bonds is 1. The maximum Gasteiger partial charge on any atom is 0.335 e. The molecule has 21 heavy (non-hydrogen) atoms. The lowest BCUT2D eigenvalue weighted by Gasteiger charge is -2.15. The lowest BCUT2D eigenvalue weighted by Crippen LogP contribution is -2.16. The number of aromatic amines is 2. The Hall–Kier alpha value is -2.63. The Bertz CT molecular complexity index is 929. The van der Waals surface area contributed by atoms with Gasteiger partial charge in [-0.2, -0.15) is 5.10 Å². The molecular formula is C15H15N3O3. The van der Waals surface area contributed by atoms with Crippen molar-refractivity contribution >= 4 is 27.8 Å². The van der Waals surface area contributed by atoms with Crippen molar-refractivity contribution in [3.05, 3.63) is 39.8 Å². The Morgan fingerprint density at radius 1 is 1.29 bits per heavy atom. The van der Waals surface area contributed by atoms with E-state index in [4.69, 9.17) is 5.11 Å². The number of fused-ring (bicyclic) bond motifs is 3. The monoisotopic (exact) mass is 285 g/mol. The van der Waals surface area contributed by atoms with Crippen molar-refractivity contribution in [3.63, 3.8) is 0 Å². The summed E-state index contributed by atoms with van der Waals surface area (Å²) in [6.45, 7) is 5.99. The van der Waals surface area contributed by atoms with Crippen molar-refractivity contribution in [1.82, 2.24) is 15.2 Å². The molecule has 2 heterocycles. The summed E-state index contributed by atoms with van der Waals surface area (Å²) in [7, 11) is 0. The highest BCUT2D eigenvalue weighted by atomic mass is 16.4. The first kappa shape index (κ1) is 13.4. The normalized spacial score (nSPS) is 12.1. The number of carbonyl (C=O) groups is 1. The molecule has 0 unspecified atom stereocenters. The van der Waals surface area contributed by atoms with Gasteiger partial charge in [0.05, 0.1) is 22.2 Å². The van der Waals surface area contributed by atoms with Gasteiger partial charge in [-0.25, -0.2) is 4.79 Å². The van der Waals surface area contributed by atoms with Gasteiger partial charge in [0, 0.05) is 10.8 Å². The Labute approximate surface area is 119 Å². The average molecular weight is 285 g/mol. The van der Waals surface area contributed by atoms with E-state index in [1.54, 1.807) is 6.07 Å². The molecule has 0 bridgehead atoms. The number of carboxylic acid groups (broad SMARTS) is 1. The van der Waals surface area contributed by atoms with E-state index in [0.717, 1.165) is 11.1 Å². The smallest absolute Gasteiger partial charge is 0.335 e. The van der Waals surface area contributed by atoms with Gasteiger partial charge in [-0.15, -0.1) is 0 Å². The van der Waals surface area contributed by atoms with E-state index in [0.29, 0.717) is 16.4 Å². The zero-order valence-corrected chi connectivity index (χ0v) is 11.9. The first-order valence-corrected chi connectivity index (χ1v) is 6.57. The number of aromatic nitrogens is 3. The molecule has 0 saturated heterocycles. The van der Waals surface area contributed by atoms with Crippen LogP contribution >= 0.6 is 0 Å². The van der Waals surface area contributed by atoms with Crippen LogP contribution in [0.15, 0.2) is 23.0 Å². The zero-order valence-electron chi connectivity index (χ0n) is 11.9. The minimum Gasteiger partial charge on any atom is -0.478 e. The first-order chi connectivity index (χ1) is 9.79. The second kappa shape index (κ2) is 4.18. The number of H-pyrrole nitrogens is 2. The largest absolute Gasteiger partial charge is 0.478 e. The first-order valence-electron chi connectivity index (χ1n) is 6.57. The van der Waals surface area contributed by atoms with Crippen LogP contribution in [0.25, 0.3) is 21.8 Å². The van der Waals surface area contributed by atoms with Gasteiger partial charge in [0.15, 0.2) is 0 Å². The van der Waals surface area contributed by atoms with Gasteiger partial charge in [0.25, 0.3) is 5.56 Å². The van der Waals surface area contributed by atoms with Crippen molar-refractivity contribution < 1.29 is 9.90 Å². The fourth-order valence-corrected chi connectivity index (χ4v) is 2.47. The van der Waals surface area contributed by atoms with Crippen LogP contribution in [0.3, 0.4) is 0 Å². The molecule has 2 aromatic heterocycles. The molecule has 0 amide bonds. The third-order valence-electron chi connectivity index (χ3n) is 3.51. The summed E-state index contributed by atoms with van der Waals surface area (Å²) in [5.74, 6) is -1.03. The Balaban J connectivity index is 2.43. The molecule has 0 atom stereocenters. The molecule has 0 aliphatic heterocycles. The molecule has 0 spiro atoms. The molecule has 0 aliphatic carbocycles. The van der Waals surface area contributed by atoms with Crippen molar-refractivity contribution in [1.29, 1.82) is 0 Å². The maximum atomic E-state index is 12.3. The minimum atomic E-state index is -1.03. The van der Waals surface area contributed by atoms with E-state index < -0.39 is 5.97 Å². The van der Waals surface area contributed by atoms with Crippen molar-refractivity contribution in [2.75, 3.05) is 0 Å². The van der Waals surface area contributed by atoms with Crippen LogP contribution < -0.4 is 5.56 Å². The van der Waals surface area contributed by atoms with Crippen molar-refractivity contribution in [2.24, 2.45) is 0 Å². The molecule has 0 aliphatic rings. The van der Waals surface area contributed by atoms with Crippen molar-refractivity contribution in [3.8, 4) is 0 Å². The predicted octanol–water partition coefficient (Wildman–Crippen LogP) is 2.40. The van der Waals surface area contributed by atoms with Gasteiger partial charge in [-0.05, 0) is 18.2 Å². The SMILES string of the molecule is CC(C)(C)c1[nH]nc2c1c(=O)[nH]c1cc(C(=O)O)ccc12. The van der Waals surface area contributed by atoms with Gasteiger partial charge < -0.3 is 10.1 Å². The quantitative estimate of drug-likeness (QED) is 0.639. The van der Waals surface area contributed by atoms with Crippen LogP contribution in [-0.4, -0.2) is 26.3 Å². The Morgan fingerprint density at radius 3 is 2.62 bits per heavy atom. The molecule has 0 fully saturated rings. The summed E-state index contributed by atoms with van der Waals surface area (Å²) >= 11 is 0. The summed E-state index contributed by atoms with van der Waals surface area (Å²) in [6.07, 6.45) is 0. The highest BCUT2D eigenvalue weighted by Gasteiger charge is 2.23. The predicted molar refractivity (Wildman–Crippen MR) is 79.9 cm³/mol. The van der Waals surface area contributed by atoms with Gasteiger partial charge in [-0.1, -0.05) is 20.8 Å². The Morgan fingerprint density at radius 2 is 2.00 bits per heavy atom. The fourth-order valence-electron chi connectivity index (χ4n) is 2.47. The van der Waals surface area contributed by atoms with Gasteiger partial charge >= 0.3 is 5.97 Å². The summed E-state index contributed by atoms with van der Waals surface area (Å²) in [6, 6.07) is 4.63. The van der Waals surface area contributed by atoms with Crippen LogP contribution in [0.4, 0.5) is 0 Å². The third-order valence-corrected chi connectivity index (χ3v) is 3.51. The van der Waals surface area contributed by atoms with E-state index >= 15 is 0 Å². The van der Waals surface area contributed by atoms with E-state index in [1.807, 2.05) is 20.8 Å². The van der Waals surface area contributed by atoms with Crippen LogP contribution in [0.1, 0.15) is 36.8 Å². The molecule has 1 aromatic carbocycles. The second-order valence-electron chi connectivity index (χ2n) is 6.09. The van der Waals surface area contributed by atoms with Crippen LogP contribution in [-0.2, 0) is 5.41 Å². The third kappa shape index (κ3) is 1.99. The molecule has 3 rings (SSSR count). The molecule has 3 N–H and O–H groups in total. The van der Waals surface area contributed by atoms with E-state index in [2.05, 4.69) is 15.2 Å². The number of aromatic carboxylic acids is 1. The lowest BCUT2D eigenvalue weighted by molar-refractivity contribution is 0.0697. The molecule has 3 aromatic rings. The van der Waals surface area contributed by atoms with Crippen LogP contribution in [0.5, 0.6) is 0 Å². The molecule has 108 valence electrons. The fraction of sp³-hybridized carbons (Fsp3) is 0.267. The summed E-state index contributed by atoms with van der Waals surface area (Å²) in [5, 5.41) is 17.5. The topological polar surface area (TPSA) is 98.8 Å². The zero-order chi connectivity index (χ0) is 15.4. The maximum absolute atomic E-state index is 12.3. The number of carboxylic acids is 1. The van der Waals surface area contributed by atoms with Crippen LogP contribution in [0.2, 0.25) is 0 Å². The lowest BCUT2D eigenvalue weighted by atomic mass is 9.90. The number of benzene rings is 1. The molecule has 6 heteroatoms. The summed E-state index contributed by atoms with van der Waals surface area (Å²) in [4.78, 5) is 26.1. The van der Waals surface area contributed by atoms with Crippen LogP contribution in [0, 0.1) is 0 Å². The van der Waals surface area contributed by atoms with Crippen molar-refractivity contribution in [2.45, 2.75) is 26.2 Å². The van der Waals surface area contributed by atoms with Gasteiger partial charge in [0.2, 0.25) is 0 Å². The second-order valence-corrected chi connectivity index (χ2v) is 6.09. The van der Waals surface area contributed by atoms with E-state index in [1.165, 1.54) is 12.1 Å². The standard InChI is InChI=1S/C15H15N3O3/c1-15(2,3)12-10-11(17-18-12)8-5-4-7(14(20)21)6-9(8)16-13(10)19/h4-6H,1-3H3,(H,16,19)(H,17,18)(H,20,21). The molecule has 0 radical (unpaired) electrons. The summed E-state index contributed by atoms with van der Waals surface area (Å²) < 4.78 is 0. The van der Waals surface area contributed by atoms with E-state index in [9.17, 15) is 9.59 Å². The number of hydrogen-bond acceptors (Lipinski definition) is 3. The van der Waals surface area contributed by atoms with Gasteiger partial charge in [0.1, 0.15) is 5.52 Å². The Kier molecular flexibility index (Phi) is 2.66.